The van der Waals surface area contributed by atoms with Crippen molar-refractivity contribution in [3.8, 4) is 0 Å². The van der Waals surface area contributed by atoms with Gasteiger partial charge in [0, 0.05) is 17.1 Å². The first-order valence-electron chi connectivity index (χ1n) is 9.82. The van der Waals surface area contributed by atoms with Crippen molar-refractivity contribution in [1.29, 1.82) is 0 Å². The monoisotopic (exact) mass is 485 g/mol. The lowest BCUT2D eigenvalue weighted by atomic mass is 10.1. The maximum absolute atomic E-state index is 12.5. The van der Waals surface area contributed by atoms with Crippen LogP contribution < -0.4 is 10.0 Å². The number of sulfonamides is 1. The largest absolute Gasteiger partial charge is 0.325 e. The number of thiazole rings is 1. The molecular weight excluding hydrogens is 466 g/mol. The highest BCUT2D eigenvalue weighted by Crippen LogP contribution is 2.24. The number of hydrogen-bond donors (Lipinski definition) is 2. The summed E-state index contributed by atoms with van der Waals surface area (Å²) in [5.41, 5.74) is 2.64. The number of amides is 1. The summed E-state index contributed by atoms with van der Waals surface area (Å²) in [5.74, 6) is -0.457. The third kappa shape index (κ3) is 5.34. The fraction of sp³-hybridized carbons (Fsp3) is 0.130. The molecule has 1 atom stereocenters. The van der Waals surface area contributed by atoms with Crippen molar-refractivity contribution in [1.82, 2.24) is 9.71 Å². The maximum atomic E-state index is 12.5. The first kappa shape index (κ1) is 22.4. The van der Waals surface area contributed by atoms with Gasteiger partial charge in [0.05, 0.1) is 26.2 Å². The van der Waals surface area contributed by atoms with Gasteiger partial charge in [0.2, 0.25) is 15.9 Å². The predicted octanol–water partition coefficient (Wildman–Crippen LogP) is 4.85. The van der Waals surface area contributed by atoms with Crippen LogP contribution in [0.5, 0.6) is 0 Å². The molecule has 0 aliphatic carbocycles. The molecule has 32 heavy (non-hydrogen) atoms. The smallest absolute Gasteiger partial charge is 0.242 e. The number of carbonyl (C=O) groups excluding carboxylic acids is 1. The summed E-state index contributed by atoms with van der Waals surface area (Å²) in [6.07, 6.45) is 0.699. The minimum Gasteiger partial charge on any atom is -0.325 e. The molecule has 0 radical (unpaired) electrons. The third-order valence-electron chi connectivity index (χ3n) is 4.76. The van der Waals surface area contributed by atoms with Gasteiger partial charge in [0.15, 0.2) is 0 Å². The van der Waals surface area contributed by atoms with Crippen LogP contribution in [0, 0.1) is 0 Å². The van der Waals surface area contributed by atoms with Crippen LogP contribution in [0.3, 0.4) is 0 Å². The van der Waals surface area contributed by atoms with Gasteiger partial charge in [-0.15, -0.1) is 11.3 Å². The van der Waals surface area contributed by atoms with Gasteiger partial charge < -0.3 is 5.32 Å². The number of rotatable bonds is 7. The van der Waals surface area contributed by atoms with E-state index in [1.54, 1.807) is 23.5 Å². The predicted molar refractivity (Wildman–Crippen MR) is 129 cm³/mol. The van der Waals surface area contributed by atoms with Crippen LogP contribution in [0.4, 0.5) is 5.69 Å². The van der Waals surface area contributed by atoms with E-state index in [4.69, 9.17) is 11.6 Å². The molecule has 6 nitrogen and oxygen atoms in total. The van der Waals surface area contributed by atoms with Crippen LogP contribution in [0.1, 0.15) is 17.5 Å². The van der Waals surface area contributed by atoms with Crippen LogP contribution in [0.2, 0.25) is 5.02 Å². The number of benzene rings is 3. The Morgan fingerprint density at radius 2 is 1.72 bits per heavy atom. The number of anilines is 1. The molecule has 0 unspecified atom stereocenters. The molecule has 0 aliphatic rings. The minimum absolute atomic E-state index is 0.0424. The fourth-order valence-electron chi connectivity index (χ4n) is 3.09. The molecule has 164 valence electrons. The molecule has 2 N–H and O–H groups in total. The van der Waals surface area contributed by atoms with Crippen LogP contribution in [0.15, 0.2) is 77.7 Å². The molecule has 0 fully saturated rings. The molecule has 1 heterocycles. The van der Waals surface area contributed by atoms with Crippen molar-refractivity contribution < 1.29 is 13.2 Å². The lowest BCUT2D eigenvalue weighted by Gasteiger charge is -2.15. The van der Waals surface area contributed by atoms with Crippen LogP contribution in [0.25, 0.3) is 10.2 Å². The molecule has 4 rings (SSSR count). The highest BCUT2D eigenvalue weighted by Gasteiger charge is 2.22. The van der Waals surface area contributed by atoms with E-state index in [9.17, 15) is 13.2 Å². The molecular formula is C23H20ClN3O3S2. The second kappa shape index (κ2) is 9.38. The van der Waals surface area contributed by atoms with Crippen molar-refractivity contribution in [2.24, 2.45) is 0 Å². The van der Waals surface area contributed by atoms with E-state index in [-0.39, 0.29) is 4.90 Å². The Kier molecular flexibility index (Phi) is 6.57. The van der Waals surface area contributed by atoms with E-state index in [0.717, 1.165) is 20.8 Å². The van der Waals surface area contributed by atoms with E-state index in [0.29, 0.717) is 17.1 Å². The normalized spacial score (nSPS) is 12.6. The Morgan fingerprint density at radius 3 is 2.41 bits per heavy atom. The second-order valence-electron chi connectivity index (χ2n) is 7.24. The standard InChI is InChI=1S/C23H20ClN3O3S2/c1-15(27-32(29,30)19-12-8-17(24)9-13-19)23(28)25-18-10-6-16(7-11-18)14-22-26-20-4-2-3-5-21(20)31-22/h2-13,15,27H,14H2,1H3,(H,25,28)/t15-/m1/s1. The summed E-state index contributed by atoms with van der Waals surface area (Å²) in [6, 6.07) is 20.2. The first-order chi connectivity index (χ1) is 15.3. The zero-order valence-electron chi connectivity index (χ0n) is 17.1. The number of fused-ring (bicyclic) bond motifs is 1. The molecule has 0 aliphatic heterocycles. The SMILES string of the molecule is C[C@@H](NS(=O)(=O)c1ccc(Cl)cc1)C(=O)Nc1ccc(Cc2nc3ccccc3s2)cc1. The van der Waals surface area contributed by atoms with Gasteiger partial charge in [-0.2, -0.15) is 4.72 Å². The van der Waals surface area contributed by atoms with Gasteiger partial charge in [0.25, 0.3) is 0 Å². The average Bonchev–Trinajstić information content (AvgIpc) is 3.17. The fourth-order valence-corrected chi connectivity index (χ4v) is 5.43. The number of para-hydroxylation sites is 1. The minimum atomic E-state index is -3.84. The molecule has 3 aromatic carbocycles. The third-order valence-corrected chi connectivity index (χ3v) is 7.61. The summed E-state index contributed by atoms with van der Waals surface area (Å²) in [7, 11) is -3.84. The highest BCUT2D eigenvalue weighted by molar-refractivity contribution is 7.89. The number of nitrogens with zero attached hydrogens (tertiary/aromatic N) is 1. The maximum Gasteiger partial charge on any atom is 0.242 e. The van der Waals surface area contributed by atoms with Gasteiger partial charge in [-0.25, -0.2) is 13.4 Å². The Bertz CT molecular complexity index is 1320. The van der Waals surface area contributed by atoms with Gasteiger partial charge in [-0.1, -0.05) is 35.9 Å². The van der Waals surface area contributed by atoms with Crippen molar-refractivity contribution in [2.75, 3.05) is 5.32 Å². The van der Waals surface area contributed by atoms with Crippen molar-refractivity contribution in [3.63, 3.8) is 0 Å². The zero-order chi connectivity index (χ0) is 22.7. The number of hydrogen-bond acceptors (Lipinski definition) is 5. The Hall–Kier alpha value is -2.78. The lowest BCUT2D eigenvalue weighted by molar-refractivity contribution is -0.117. The summed E-state index contributed by atoms with van der Waals surface area (Å²) in [6.45, 7) is 1.49. The Labute approximate surface area is 195 Å². The molecule has 0 spiro atoms. The van der Waals surface area contributed by atoms with Gasteiger partial charge in [0.1, 0.15) is 0 Å². The Balaban J connectivity index is 1.37. The van der Waals surface area contributed by atoms with E-state index >= 15 is 0 Å². The van der Waals surface area contributed by atoms with Crippen molar-refractivity contribution in [2.45, 2.75) is 24.3 Å². The van der Waals surface area contributed by atoms with E-state index in [2.05, 4.69) is 21.1 Å². The summed E-state index contributed by atoms with van der Waals surface area (Å²) in [4.78, 5) is 17.2. The number of aromatic nitrogens is 1. The lowest BCUT2D eigenvalue weighted by Crippen LogP contribution is -2.41. The summed E-state index contributed by atoms with van der Waals surface area (Å²) in [5, 5.41) is 4.19. The summed E-state index contributed by atoms with van der Waals surface area (Å²) < 4.78 is 28.4. The number of halogens is 1. The highest BCUT2D eigenvalue weighted by atomic mass is 35.5. The Morgan fingerprint density at radius 1 is 1.03 bits per heavy atom. The van der Waals surface area contributed by atoms with Gasteiger partial charge >= 0.3 is 0 Å². The molecule has 9 heteroatoms. The zero-order valence-corrected chi connectivity index (χ0v) is 19.5. The molecule has 0 saturated heterocycles. The quantitative estimate of drug-likeness (QED) is 0.392. The van der Waals surface area contributed by atoms with E-state index in [1.807, 2.05) is 30.3 Å². The van der Waals surface area contributed by atoms with E-state index < -0.39 is 22.0 Å². The van der Waals surface area contributed by atoms with Crippen molar-refractivity contribution in [3.05, 3.63) is 88.4 Å². The first-order valence-corrected chi connectivity index (χ1v) is 12.5. The van der Waals surface area contributed by atoms with Crippen LogP contribution in [-0.2, 0) is 21.2 Å². The molecule has 4 aromatic rings. The van der Waals surface area contributed by atoms with Gasteiger partial charge in [-0.05, 0) is 61.0 Å². The topological polar surface area (TPSA) is 88.2 Å². The van der Waals surface area contributed by atoms with Crippen LogP contribution in [-0.4, -0.2) is 25.4 Å². The van der Waals surface area contributed by atoms with Crippen molar-refractivity contribution >= 4 is 54.8 Å². The average molecular weight is 486 g/mol. The van der Waals surface area contributed by atoms with E-state index in [1.165, 1.54) is 31.2 Å². The number of carbonyl (C=O) groups is 1. The molecule has 1 amide bonds. The molecule has 0 bridgehead atoms. The van der Waals surface area contributed by atoms with Crippen LogP contribution >= 0.6 is 22.9 Å². The molecule has 0 saturated carbocycles. The summed E-state index contributed by atoms with van der Waals surface area (Å²) >= 11 is 7.46. The molecule has 1 aromatic heterocycles. The second-order valence-corrected chi connectivity index (χ2v) is 10.5. The number of nitrogens with one attached hydrogen (secondary N) is 2. The van der Waals surface area contributed by atoms with Gasteiger partial charge in [-0.3, -0.25) is 4.79 Å².